The summed E-state index contributed by atoms with van der Waals surface area (Å²) in [5.74, 6) is -11.2. The fourth-order valence-electron chi connectivity index (χ4n) is 3.06. The van der Waals surface area contributed by atoms with Crippen LogP contribution in [0.4, 0.5) is 42.1 Å². The second-order valence-electron chi connectivity index (χ2n) is 7.46. The van der Waals surface area contributed by atoms with Crippen LogP contribution in [0.1, 0.15) is 22.8 Å². The molecule has 1 atom stereocenters. The third kappa shape index (κ3) is 6.34. The first kappa shape index (κ1) is 27.8. The normalized spacial score (nSPS) is 12.1. The van der Waals surface area contributed by atoms with Gasteiger partial charge in [0.2, 0.25) is 5.91 Å². The lowest BCUT2D eigenvalue weighted by Crippen LogP contribution is -2.25. The molecule has 0 aliphatic rings. The number of hydrogen-bond acceptors (Lipinski definition) is 4. The average molecular weight is 546 g/mol. The Labute approximate surface area is 210 Å². The molecule has 0 radical (unpaired) electrons. The molecule has 0 aliphatic heterocycles. The highest BCUT2D eigenvalue weighted by atomic mass is 32.2. The topological polar surface area (TPSA) is 67.4 Å². The van der Waals surface area contributed by atoms with Crippen LogP contribution in [-0.2, 0) is 11.0 Å². The molecule has 1 unspecified atom stereocenters. The van der Waals surface area contributed by atoms with Crippen molar-refractivity contribution < 1.29 is 45.1 Å². The van der Waals surface area contributed by atoms with Gasteiger partial charge in [0.05, 0.1) is 12.4 Å². The molecule has 0 aliphatic carbocycles. The number of nitrogens with one attached hydrogen (secondary N) is 2. The van der Waals surface area contributed by atoms with E-state index >= 15 is 0 Å². The van der Waals surface area contributed by atoms with Crippen molar-refractivity contribution in [2.24, 2.45) is 0 Å². The van der Waals surface area contributed by atoms with Crippen LogP contribution in [0, 0.1) is 23.3 Å². The van der Waals surface area contributed by atoms with Crippen molar-refractivity contribution in [1.82, 2.24) is 0 Å². The number of halogens is 7. The van der Waals surface area contributed by atoms with Crippen LogP contribution in [0.5, 0.6) is 5.75 Å². The largest absolute Gasteiger partial charge is 0.497 e. The van der Waals surface area contributed by atoms with Gasteiger partial charge in [-0.05, 0) is 49.4 Å². The van der Waals surface area contributed by atoms with Gasteiger partial charge in [0.25, 0.3) is 5.91 Å². The highest BCUT2D eigenvalue weighted by Crippen LogP contribution is 2.38. The molecule has 0 saturated heterocycles. The van der Waals surface area contributed by atoms with Crippen LogP contribution < -0.4 is 15.4 Å². The number of carbonyl (C=O) groups excluding carboxylic acids is 2. The second kappa shape index (κ2) is 11.1. The van der Waals surface area contributed by atoms with Crippen molar-refractivity contribution >= 4 is 35.0 Å². The summed E-state index contributed by atoms with van der Waals surface area (Å²) in [6, 6.07) is 12.5. The maximum absolute atomic E-state index is 14.1. The van der Waals surface area contributed by atoms with Crippen LogP contribution in [0.2, 0.25) is 0 Å². The molecular weight excluding hydrogens is 529 g/mol. The maximum atomic E-state index is 14.1. The summed E-state index contributed by atoms with van der Waals surface area (Å²) in [6.07, 6.45) is -5.69. The molecule has 0 fully saturated rings. The van der Waals surface area contributed by atoms with Gasteiger partial charge in [0.15, 0.2) is 23.3 Å². The molecule has 13 heteroatoms. The molecule has 3 aromatic rings. The molecule has 0 aromatic heterocycles. The second-order valence-corrected chi connectivity index (χ2v) is 8.88. The van der Waals surface area contributed by atoms with Gasteiger partial charge >= 0.3 is 6.18 Å². The molecule has 37 heavy (non-hydrogen) atoms. The Kier molecular flexibility index (Phi) is 8.36. The van der Waals surface area contributed by atoms with Crippen LogP contribution in [0.3, 0.4) is 0 Å². The van der Waals surface area contributed by atoms with E-state index in [1.807, 2.05) is 0 Å². The monoisotopic (exact) mass is 546 g/mol. The highest BCUT2D eigenvalue weighted by molar-refractivity contribution is 8.00. The van der Waals surface area contributed by atoms with Gasteiger partial charge in [0.1, 0.15) is 17.0 Å². The standard InChI is InChI=1S/C24H17F7N2O3S/c1-11(22(34)33-21-19(27)17(25)16(24(29,30)31)18(26)20(21)28)37-15-8-6-13(7-9-15)32-23(35)12-4-3-5-14(10-12)36-2/h3-11H,1-2H3,(H,32,35)(H,33,34). The van der Waals surface area contributed by atoms with Crippen molar-refractivity contribution in [2.45, 2.75) is 23.2 Å². The highest BCUT2D eigenvalue weighted by Gasteiger charge is 2.42. The summed E-state index contributed by atoms with van der Waals surface area (Å²) < 4.78 is 98.9. The summed E-state index contributed by atoms with van der Waals surface area (Å²) in [5, 5.41) is 3.17. The van der Waals surface area contributed by atoms with Gasteiger partial charge in [-0.25, -0.2) is 17.6 Å². The number of thioether (sulfide) groups is 1. The predicted octanol–water partition coefficient (Wildman–Crippen LogP) is 6.64. The quantitative estimate of drug-likeness (QED) is 0.198. The Morgan fingerprint density at radius 3 is 2.03 bits per heavy atom. The molecule has 5 nitrogen and oxygen atoms in total. The zero-order chi connectivity index (χ0) is 27.5. The van der Waals surface area contributed by atoms with Crippen molar-refractivity contribution in [3.05, 3.63) is 82.9 Å². The van der Waals surface area contributed by atoms with Gasteiger partial charge in [0, 0.05) is 16.1 Å². The minimum Gasteiger partial charge on any atom is -0.497 e. The first-order valence-electron chi connectivity index (χ1n) is 10.3. The number of alkyl halides is 3. The van der Waals surface area contributed by atoms with E-state index in [4.69, 9.17) is 4.74 Å². The number of anilines is 2. The third-order valence-electron chi connectivity index (χ3n) is 4.92. The Hall–Kier alpha value is -3.74. The molecule has 3 rings (SSSR count). The molecule has 0 saturated carbocycles. The average Bonchev–Trinajstić information content (AvgIpc) is 2.85. The van der Waals surface area contributed by atoms with E-state index in [1.54, 1.807) is 29.6 Å². The molecule has 0 heterocycles. The number of rotatable bonds is 7. The first-order chi connectivity index (χ1) is 17.3. The smallest absolute Gasteiger partial charge is 0.422 e. The van der Waals surface area contributed by atoms with E-state index in [0.29, 0.717) is 21.9 Å². The number of methoxy groups -OCH3 is 1. The molecule has 2 N–H and O–H groups in total. The first-order valence-corrected chi connectivity index (χ1v) is 11.2. The lowest BCUT2D eigenvalue weighted by molar-refractivity contribution is -0.143. The van der Waals surface area contributed by atoms with E-state index in [-0.39, 0.29) is 0 Å². The van der Waals surface area contributed by atoms with Gasteiger partial charge in [-0.2, -0.15) is 13.2 Å². The van der Waals surface area contributed by atoms with E-state index in [1.165, 1.54) is 38.3 Å². The van der Waals surface area contributed by atoms with E-state index in [9.17, 15) is 40.3 Å². The van der Waals surface area contributed by atoms with Crippen LogP contribution in [0.25, 0.3) is 0 Å². The van der Waals surface area contributed by atoms with Gasteiger partial charge in [-0.3, -0.25) is 9.59 Å². The fourth-order valence-corrected chi connectivity index (χ4v) is 3.92. The Balaban J connectivity index is 1.68. The third-order valence-corrected chi connectivity index (χ3v) is 6.03. The maximum Gasteiger partial charge on any atom is 0.422 e. The summed E-state index contributed by atoms with van der Waals surface area (Å²) in [4.78, 5) is 25.2. The van der Waals surface area contributed by atoms with Crippen molar-refractivity contribution in [2.75, 3.05) is 17.7 Å². The summed E-state index contributed by atoms with van der Waals surface area (Å²) >= 11 is 0.874. The van der Waals surface area contributed by atoms with Crippen molar-refractivity contribution in [1.29, 1.82) is 0 Å². The minimum atomic E-state index is -5.69. The van der Waals surface area contributed by atoms with Crippen LogP contribution >= 0.6 is 11.8 Å². The number of ether oxygens (including phenoxy) is 1. The van der Waals surface area contributed by atoms with Crippen molar-refractivity contribution in [3.8, 4) is 5.75 Å². The van der Waals surface area contributed by atoms with Crippen LogP contribution in [0.15, 0.2) is 53.4 Å². The number of amides is 2. The SMILES string of the molecule is COc1cccc(C(=O)Nc2ccc(SC(C)C(=O)Nc3c(F)c(F)c(C(F)(F)F)c(F)c3F)cc2)c1. The van der Waals surface area contributed by atoms with Gasteiger partial charge in [-0.1, -0.05) is 6.07 Å². The van der Waals surface area contributed by atoms with Crippen LogP contribution in [-0.4, -0.2) is 24.2 Å². The van der Waals surface area contributed by atoms with Gasteiger partial charge < -0.3 is 15.4 Å². The minimum absolute atomic E-state index is 0.346. The summed E-state index contributed by atoms with van der Waals surface area (Å²) in [5.41, 5.74) is -3.65. The number of benzene rings is 3. The molecule has 2 amide bonds. The fraction of sp³-hybridized carbons (Fsp3) is 0.167. The molecule has 0 bridgehead atoms. The Bertz CT molecular complexity index is 1300. The number of carbonyl (C=O) groups is 2. The lowest BCUT2D eigenvalue weighted by Gasteiger charge is -2.16. The molecule has 0 spiro atoms. The summed E-state index contributed by atoms with van der Waals surface area (Å²) in [6.45, 7) is 1.30. The summed E-state index contributed by atoms with van der Waals surface area (Å²) in [7, 11) is 1.46. The molecular formula is C24H17F7N2O3S. The van der Waals surface area contributed by atoms with E-state index in [2.05, 4.69) is 5.32 Å². The van der Waals surface area contributed by atoms with Crippen molar-refractivity contribution in [3.63, 3.8) is 0 Å². The van der Waals surface area contributed by atoms with Gasteiger partial charge in [-0.15, -0.1) is 11.8 Å². The molecule has 196 valence electrons. The predicted molar refractivity (Wildman–Crippen MR) is 123 cm³/mol. The zero-order valence-electron chi connectivity index (χ0n) is 19.0. The Morgan fingerprint density at radius 1 is 0.892 bits per heavy atom. The molecule has 3 aromatic carbocycles. The Morgan fingerprint density at radius 2 is 1.49 bits per heavy atom. The zero-order valence-corrected chi connectivity index (χ0v) is 19.8. The number of hydrogen-bond donors (Lipinski definition) is 2. The lowest BCUT2D eigenvalue weighted by atomic mass is 10.1. The van der Waals surface area contributed by atoms with E-state index in [0.717, 1.165) is 11.8 Å². The van der Waals surface area contributed by atoms with E-state index < -0.39 is 57.8 Å².